The molecule has 1 aliphatic heterocycles. The first-order valence-electron chi connectivity index (χ1n) is 7.13. The number of esters is 1. The lowest BCUT2D eigenvalue weighted by Gasteiger charge is -2.37. The van der Waals surface area contributed by atoms with E-state index in [0.29, 0.717) is 12.5 Å². The molecule has 2 N–H and O–H groups in total. The van der Waals surface area contributed by atoms with Gasteiger partial charge in [-0.2, -0.15) is 0 Å². The molecular weight excluding hydrogens is 230 g/mol. The number of hydrogen-bond donors (Lipinski definition) is 1. The molecule has 2 unspecified atom stereocenters. The van der Waals surface area contributed by atoms with Gasteiger partial charge < -0.3 is 15.2 Å². The van der Waals surface area contributed by atoms with Crippen molar-refractivity contribution in [2.45, 2.75) is 51.5 Å². The Morgan fingerprint density at radius 1 is 1.33 bits per heavy atom. The third-order valence-electron chi connectivity index (χ3n) is 4.54. The van der Waals surface area contributed by atoms with Crippen LogP contribution in [0.15, 0.2) is 0 Å². The molecular formula is C14H25NO3. The third-order valence-corrected chi connectivity index (χ3v) is 4.54. The van der Waals surface area contributed by atoms with Crippen LogP contribution in [0.2, 0.25) is 0 Å². The zero-order chi connectivity index (χ0) is 13.0. The van der Waals surface area contributed by atoms with Gasteiger partial charge in [0.25, 0.3) is 0 Å². The highest BCUT2D eigenvalue weighted by Gasteiger charge is 2.42. The Morgan fingerprint density at radius 2 is 2.06 bits per heavy atom. The second-order valence-electron chi connectivity index (χ2n) is 5.92. The quantitative estimate of drug-likeness (QED) is 0.782. The molecule has 0 aromatic heterocycles. The summed E-state index contributed by atoms with van der Waals surface area (Å²) in [7, 11) is 0. The molecule has 4 nitrogen and oxygen atoms in total. The number of carbonyl (C=O) groups excluding carboxylic acids is 1. The molecule has 0 radical (unpaired) electrons. The summed E-state index contributed by atoms with van der Waals surface area (Å²) in [6.45, 7) is 4.08. The van der Waals surface area contributed by atoms with Crippen molar-refractivity contribution < 1.29 is 14.3 Å². The monoisotopic (exact) mass is 255 g/mol. The van der Waals surface area contributed by atoms with Crippen LogP contribution in [0.3, 0.4) is 0 Å². The van der Waals surface area contributed by atoms with Gasteiger partial charge >= 0.3 is 5.97 Å². The topological polar surface area (TPSA) is 61.5 Å². The fraction of sp³-hybridized carbons (Fsp3) is 0.929. The molecule has 0 aromatic rings. The molecule has 0 aromatic carbocycles. The first-order chi connectivity index (χ1) is 8.63. The SMILES string of the molecule is CC1(C(=O)OCC2CCOCC2)CCCCC1N. The van der Waals surface area contributed by atoms with Crippen molar-refractivity contribution in [2.24, 2.45) is 17.1 Å². The molecule has 4 heteroatoms. The van der Waals surface area contributed by atoms with Gasteiger partial charge in [-0.15, -0.1) is 0 Å². The first kappa shape index (κ1) is 13.8. The standard InChI is InChI=1S/C14H25NO3/c1-14(7-3-2-4-12(14)15)13(16)18-10-11-5-8-17-9-6-11/h11-12H,2-10,15H2,1H3. The van der Waals surface area contributed by atoms with E-state index in [4.69, 9.17) is 15.2 Å². The summed E-state index contributed by atoms with van der Waals surface area (Å²) in [6, 6.07) is -0.0477. The van der Waals surface area contributed by atoms with Gasteiger partial charge in [0.15, 0.2) is 0 Å². The minimum Gasteiger partial charge on any atom is -0.465 e. The highest BCUT2D eigenvalue weighted by Crippen LogP contribution is 2.36. The van der Waals surface area contributed by atoms with E-state index >= 15 is 0 Å². The van der Waals surface area contributed by atoms with Crippen LogP contribution in [0.1, 0.15) is 45.4 Å². The zero-order valence-corrected chi connectivity index (χ0v) is 11.3. The average molecular weight is 255 g/mol. The average Bonchev–Trinajstić information content (AvgIpc) is 2.40. The summed E-state index contributed by atoms with van der Waals surface area (Å²) in [4.78, 5) is 12.2. The second kappa shape index (κ2) is 6.02. The summed E-state index contributed by atoms with van der Waals surface area (Å²) in [5.74, 6) is 0.368. The maximum Gasteiger partial charge on any atom is 0.313 e. The van der Waals surface area contributed by atoms with Crippen molar-refractivity contribution in [1.82, 2.24) is 0 Å². The Kier molecular flexibility index (Phi) is 4.62. The molecule has 0 bridgehead atoms. The Hall–Kier alpha value is -0.610. The van der Waals surface area contributed by atoms with Crippen LogP contribution in [-0.2, 0) is 14.3 Å². The van der Waals surface area contributed by atoms with Gasteiger partial charge in [-0.3, -0.25) is 4.79 Å². The molecule has 0 amide bonds. The maximum atomic E-state index is 12.2. The lowest BCUT2D eigenvalue weighted by Crippen LogP contribution is -2.48. The van der Waals surface area contributed by atoms with Crippen molar-refractivity contribution in [3.05, 3.63) is 0 Å². The zero-order valence-electron chi connectivity index (χ0n) is 11.3. The highest BCUT2D eigenvalue weighted by molar-refractivity contribution is 5.77. The Balaban J connectivity index is 1.82. The van der Waals surface area contributed by atoms with E-state index in [2.05, 4.69) is 0 Å². The molecule has 0 spiro atoms. The van der Waals surface area contributed by atoms with E-state index in [-0.39, 0.29) is 12.0 Å². The molecule has 104 valence electrons. The molecule has 1 saturated carbocycles. The number of rotatable bonds is 3. The van der Waals surface area contributed by atoms with Gasteiger partial charge in [-0.05, 0) is 38.5 Å². The van der Waals surface area contributed by atoms with Crippen LogP contribution in [0.5, 0.6) is 0 Å². The van der Waals surface area contributed by atoms with Crippen molar-refractivity contribution in [3.8, 4) is 0 Å². The van der Waals surface area contributed by atoms with E-state index in [1.807, 2.05) is 6.92 Å². The van der Waals surface area contributed by atoms with E-state index in [1.165, 1.54) is 0 Å². The van der Waals surface area contributed by atoms with Crippen LogP contribution in [0.25, 0.3) is 0 Å². The Morgan fingerprint density at radius 3 is 2.72 bits per heavy atom. The van der Waals surface area contributed by atoms with Gasteiger partial charge in [0.1, 0.15) is 0 Å². The molecule has 2 fully saturated rings. The predicted molar refractivity (Wildman–Crippen MR) is 69.1 cm³/mol. The van der Waals surface area contributed by atoms with E-state index in [1.54, 1.807) is 0 Å². The normalized spacial score (nSPS) is 34.2. The summed E-state index contributed by atoms with van der Waals surface area (Å²) in [5, 5.41) is 0. The molecule has 2 rings (SSSR count). The van der Waals surface area contributed by atoms with Gasteiger partial charge in [-0.25, -0.2) is 0 Å². The van der Waals surface area contributed by atoms with Crippen LogP contribution < -0.4 is 5.73 Å². The van der Waals surface area contributed by atoms with Crippen molar-refractivity contribution in [3.63, 3.8) is 0 Å². The summed E-state index contributed by atoms with van der Waals surface area (Å²) in [5.41, 5.74) is 5.63. The Bertz CT molecular complexity index is 289. The smallest absolute Gasteiger partial charge is 0.313 e. The fourth-order valence-corrected chi connectivity index (χ4v) is 2.89. The molecule has 1 saturated heterocycles. The molecule has 18 heavy (non-hydrogen) atoms. The van der Waals surface area contributed by atoms with Crippen molar-refractivity contribution in [2.75, 3.05) is 19.8 Å². The van der Waals surface area contributed by atoms with Crippen LogP contribution in [0.4, 0.5) is 0 Å². The predicted octanol–water partition coefficient (Wildman–Crippen LogP) is 1.86. The second-order valence-corrected chi connectivity index (χ2v) is 5.92. The summed E-state index contributed by atoms with van der Waals surface area (Å²) >= 11 is 0. The summed E-state index contributed by atoms with van der Waals surface area (Å²) < 4.78 is 10.8. The van der Waals surface area contributed by atoms with Gasteiger partial charge in [0, 0.05) is 19.3 Å². The number of ether oxygens (including phenoxy) is 2. The minimum absolute atomic E-state index is 0.0477. The lowest BCUT2D eigenvalue weighted by atomic mass is 9.72. The van der Waals surface area contributed by atoms with Crippen molar-refractivity contribution >= 4 is 5.97 Å². The lowest BCUT2D eigenvalue weighted by molar-refractivity contribution is -0.160. The highest BCUT2D eigenvalue weighted by atomic mass is 16.5. The third kappa shape index (κ3) is 3.04. The number of hydrogen-bond acceptors (Lipinski definition) is 4. The minimum atomic E-state index is -0.469. The molecule has 1 aliphatic carbocycles. The molecule has 2 atom stereocenters. The largest absolute Gasteiger partial charge is 0.465 e. The van der Waals surface area contributed by atoms with E-state index < -0.39 is 5.41 Å². The first-order valence-corrected chi connectivity index (χ1v) is 7.13. The van der Waals surface area contributed by atoms with Gasteiger partial charge in [-0.1, -0.05) is 12.8 Å². The maximum absolute atomic E-state index is 12.2. The van der Waals surface area contributed by atoms with Gasteiger partial charge in [0.05, 0.1) is 12.0 Å². The van der Waals surface area contributed by atoms with Crippen molar-refractivity contribution in [1.29, 1.82) is 0 Å². The molecule has 1 heterocycles. The van der Waals surface area contributed by atoms with E-state index in [9.17, 15) is 4.79 Å². The van der Waals surface area contributed by atoms with E-state index in [0.717, 1.165) is 51.7 Å². The van der Waals surface area contributed by atoms with Gasteiger partial charge in [0.2, 0.25) is 0 Å². The van der Waals surface area contributed by atoms with Crippen LogP contribution >= 0.6 is 0 Å². The van der Waals surface area contributed by atoms with Crippen LogP contribution in [-0.4, -0.2) is 31.8 Å². The number of nitrogens with two attached hydrogens (primary N) is 1. The number of carbonyl (C=O) groups is 1. The Labute approximate surface area is 109 Å². The van der Waals surface area contributed by atoms with Crippen LogP contribution in [0, 0.1) is 11.3 Å². The fourth-order valence-electron chi connectivity index (χ4n) is 2.89. The molecule has 2 aliphatic rings. The summed E-state index contributed by atoms with van der Waals surface area (Å²) in [6.07, 6.45) is 6.00.